The van der Waals surface area contributed by atoms with E-state index in [1.54, 1.807) is 19.1 Å². The normalized spacial score (nSPS) is 20.8. The fraction of sp³-hybridized carbons (Fsp3) is 0.400. The van der Waals surface area contributed by atoms with Crippen molar-refractivity contribution in [3.8, 4) is 0 Å². The molecule has 1 aliphatic carbocycles. The Labute approximate surface area is 117 Å². The molecule has 106 valence electrons. The van der Waals surface area contributed by atoms with Crippen LogP contribution in [0.1, 0.15) is 20.3 Å². The average molecular weight is 275 g/mol. The molecule has 2 aliphatic rings. The first-order chi connectivity index (χ1) is 9.69. The Kier molecular flexibility index (Phi) is 4.63. The predicted molar refractivity (Wildman–Crippen MR) is 74.4 cm³/mol. The van der Waals surface area contributed by atoms with Crippen LogP contribution in [0, 0.1) is 0 Å². The Morgan fingerprint density at radius 3 is 2.90 bits per heavy atom. The highest BCUT2D eigenvalue weighted by Gasteiger charge is 2.33. The second kappa shape index (κ2) is 6.43. The van der Waals surface area contributed by atoms with Crippen LogP contribution in [-0.4, -0.2) is 36.8 Å². The molecule has 0 aromatic carbocycles. The number of Topliss-reactive ketones (excluding diaryl/α,β-unsaturated/α-hetero) is 1. The molecule has 1 heterocycles. The van der Waals surface area contributed by atoms with Gasteiger partial charge in [-0.05, 0) is 25.5 Å². The van der Waals surface area contributed by atoms with Crippen LogP contribution < -0.4 is 0 Å². The van der Waals surface area contributed by atoms with E-state index in [4.69, 9.17) is 9.47 Å². The van der Waals surface area contributed by atoms with Gasteiger partial charge < -0.3 is 9.47 Å². The van der Waals surface area contributed by atoms with Crippen LogP contribution in [0.5, 0.6) is 0 Å². The van der Waals surface area contributed by atoms with Crippen molar-refractivity contribution in [1.29, 1.82) is 0 Å². The van der Waals surface area contributed by atoms with Crippen LogP contribution in [0.4, 0.5) is 0 Å². The molecular formula is C15H17NO4. The van der Waals surface area contributed by atoms with E-state index in [0.717, 1.165) is 6.42 Å². The molecule has 0 saturated carbocycles. The minimum atomic E-state index is -0.637. The number of esters is 1. The van der Waals surface area contributed by atoms with Gasteiger partial charge in [0.05, 0.1) is 12.3 Å². The van der Waals surface area contributed by atoms with Crippen molar-refractivity contribution in [3.63, 3.8) is 0 Å². The van der Waals surface area contributed by atoms with Gasteiger partial charge in [0.15, 0.2) is 0 Å². The van der Waals surface area contributed by atoms with E-state index in [9.17, 15) is 9.59 Å². The summed E-state index contributed by atoms with van der Waals surface area (Å²) in [4.78, 5) is 28.2. The van der Waals surface area contributed by atoms with Gasteiger partial charge in [0.2, 0.25) is 5.78 Å². The highest BCUT2D eigenvalue weighted by Crippen LogP contribution is 2.22. The second-order valence-corrected chi connectivity index (χ2v) is 4.36. The molecule has 1 atom stereocenters. The Bertz CT molecular complexity index is 540. The number of ether oxygens (including phenoxy) is 2. The van der Waals surface area contributed by atoms with Gasteiger partial charge in [-0.3, -0.25) is 9.79 Å². The number of aliphatic imine (C=N–C) groups is 1. The summed E-state index contributed by atoms with van der Waals surface area (Å²) in [7, 11) is 0. The van der Waals surface area contributed by atoms with Crippen molar-refractivity contribution in [2.45, 2.75) is 26.4 Å². The number of fused-ring (bicyclic) bond motifs is 1. The zero-order valence-electron chi connectivity index (χ0n) is 11.6. The molecule has 0 spiro atoms. The number of ketones is 1. The van der Waals surface area contributed by atoms with Crippen molar-refractivity contribution in [3.05, 3.63) is 35.6 Å². The zero-order valence-corrected chi connectivity index (χ0v) is 11.6. The van der Waals surface area contributed by atoms with Crippen LogP contribution >= 0.6 is 0 Å². The number of rotatable bonds is 5. The quantitative estimate of drug-likeness (QED) is 0.566. The molecule has 0 fully saturated rings. The lowest BCUT2D eigenvalue weighted by atomic mass is 9.91. The molecule has 20 heavy (non-hydrogen) atoms. The van der Waals surface area contributed by atoms with Crippen molar-refractivity contribution in [1.82, 2.24) is 0 Å². The summed E-state index contributed by atoms with van der Waals surface area (Å²) in [5.74, 6) is -0.996. The number of allylic oxidation sites excluding steroid dienone is 2. The summed E-state index contributed by atoms with van der Waals surface area (Å²) >= 11 is 0. The van der Waals surface area contributed by atoms with Gasteiger partial charge in [0.1, 0.15) is 11.7 Å². The Balaban J connectivity index is 2.25. The minimum Gasteiger partial charge on any atom is -0.462 e. The largest absolute Gasteiger partial charge is 0.462 e. The summed E-state index contributed by atoms with van der Waals surface area (Å²) in [6.45, 7) is 4.51. The maximum atomic E-state index is 12.3. The van der Waals surface area contributed by atoms with Crippen LogP contribution in [0.3, 0.4) is 0 Å². The Morgan fingerprint density at radius 2 is 2.20 bits per heavy atom. The molecule has 0 saturated heterocycles. The van der Waals surface area contributed by atoms with Crippen LogP contribution in [0.25, 0.3) is 0 Å². The Morgan fingerprint density at radius 1 is 1.40 bits per heavy atom. The molecule has 0 aromatic heterocycles. The number of nitrogens with zero attached hydrogens (tertiary/aromatic N) is 1. The predicted octanol–water partition coefficient (Wildman–Crippen LogP) is 1.75. The molecule has 0 bridgehead atoms. The molecule has 2 rings (SSSR count). The monoisotopic (exact) mass is 275 g/mol. The fourth-order valence-electron chi connectivity index (χ4n) is 1.99. The number of hydrogen-bond donors (Lipinski definition) is 0. The molecule has 0 radical (unpaired) electrons. The first-order valence-corrected chi connectivity index (χ1v) is 6.69. The molecule has 5 heteroatoms. The van der Waals surface area contributed by atoms with Crippen LogP contribution in [-0.2, 0) is 19.1 Å². The molecule has 5 nitrogen and oxygen atoms in total. The third kappa shape index (κ3) is 2.77. The molecule has 0 N–H and O–H groups in total. The summed E-state index contributed by atoms with van der Waals surface area (Å²) in [5.41, 5.74) is 0.921. The summed E-state index contributed by atoms with van der Waals surface area (Å²) in [6, 6.07) is 0. The van der Waals surface area contributed by atoms with Crippen LogP contribution in [0.15, 0.2) is 40.6 Å². The third-order valence-electron chi connectivity index (χ3n) is 2.91. The van der Waals surface area contributed by atoms with Gasteiger partial charge in [-0.15, -0.1) is 0 Å². The van der Waals surface area contributed by atoms with E-state index < -0.39 is 5.97 Å². The van der Waals surface area contributed by atoms with E-state index in [-0.39, 0.29) is 24.1 Å². The average Bonchev–Trinajstić information content (AvgIpc) is 2.46. The standard InChI is InChI=1S/C15H17NO4/c1-3-8-20-12-7-5-6-10-13(12)16-9-11(14(10)17)15(18)19-4-2/h5-7,9,12H,3-4,8H2,1-2H3. The van der Waals surface area contributed by atoms with E-state index in [1.807, 2.05) is 13.0 Å². The van der Waals surface area contributed by atoms with Crippen molar-refractivity contribution >= 4 is 17.5 Å². The molecular weight excluding hydrogens is 258 g/mol. The lowest BCUT2D eigenvalue weighted by molar-refractivity contribution is -0.139. The molecule has 1 unspecified atom stereocenters. The lowest BCUT2D eigenvalue weighted by Gasteiger charge is -2.23. The smallest absolute Gasteiger partial charge is 0.343 e. The van der Waals surface area contributed by atoms with Gasteiger partial charge in [-0.25, -0.2) is 4.79 Å². The number of hydrogen-bond acceptors (Lipinski definition) is 5. The summed E-state index contributed by atoms with van der Waals surface area (Å²) < 4.78 is 10.5. The first-order valence-electron chi connectivity index (χ1n) is 6.69. The van der Waals surface area contributed by atoms with Gasteiger partial charge in [0.25, 0.3) is 0 Å². The highest BCUT2D eigenvalue weighted by molar-refractivity contribution is 6.37. The van der Waals surface area contributed by atoms with E-state index in [0.29, 0.717) is 17.9 Å². The highest BCUT2D eigenvalue weighted by atomic mass is 16.5. The SMILES string of the molecule is CCCOC1C=CC=C2C(=O)C(C(=O)OCC)=CN=C21. The second-order valence-electron chi connectivity index (χ2n) is 4.36. The van der Waals surface area contributed by atoms with Crippen LogP contribution in [0.2, 0.25) is 0 Å². The van der Waals surface area contributed by atoms with Gasteiger partial charge in [0, 0.05) is 18.4 Å². The van der Waals surface area contributed by atoms with E-state index in [2.05, 4.69) is 4.99 Å². The fourth-order valence-corrected chi connectivity index (χ4v) is 1.99. The number of carbonyl (C=O) groups is 2. The first kappa shape index (κ1) is 14.4. The van der Waals surface area contributed by atoms with Crippen molar-refractivity contribution in [2.24, 2.45) is 4.99 Å². The van der Waals surface area contributed by atoms with Gasteiger partial charge >= 0.3 is 5.97 Å². The summed E-state index contributed by atoms with van der Waals surface area (Å²) in [6.07, 6.45) is 7.07. The Hall–Kier alpha value is -2.01. The summed E-state index contributed by atoms with van der Waals surface area (Å²) in [5, 5.41) is 0. The maximum absolute atomic E-state index is 12.3. The molecule has 0 amide bonds. The maximum Gasteiger partial charge on any atom is 0.343 e. The van der Waals surface area contributed by atoms with Crippen molar-refractivity contribution in [2.75, 3.05) is 13.2 Å². The van der Waals surface area contributed by atoms with Gasteiger partial charge in [-0.1, -0.05) is 13.0 Å². The van der Waals surface area contributed by atoms with Crippen molar-refractivity contribution < 1.29 is 19.1 Å². The third-order valence-corrected chi connectivity index (χ3v) is 2.91. The van der Waals surface area contributed by atoms with Gasteiger partial charge in [-0.2, -0.15) is 0 Å². The van der Waals surface area contributed by atoms with E-state index in [1.165, 1.54) is 6.20 Å². The zero-order chi connectivity index (χ0) is 14.5. The molecule has 1 aliphatic heterocycles. The number of carbonyl (C=O) groups excluding carboxylic acids is 2. The van der Waals surface area contributed by atoms with E-state index >= 15 is 0 Å². The minimum absolute atomic E-state index is 0.0357. The topological polar surface area (TPSA) is 65.0 Å². The molecule has 0 aromatic rings. The lowest BCUT2D eigenvalue weighted by Crippen LogP contribution is -2.33.